The maximum Gasteiger partial charge on any atom is 0.130 e. The van der Waals surface area contributed by atoms with Crippen LogP contribution in [-0.2, 0) is 5.41 Å². The molecular weight excluding hydrogens is 595 g/mol. The van der Waals surface area contributed by atoms with Gasteiger partial charge in [0.15, 0.2) is 0 Å². The molecule has 1 heterocycles. The van der Waals surface area contributed by atoms with Crippen LogP contribution in [0.2, 0.25) is 0 Å². The van der Waals surface area contributed by atoms with Crippen LogP contribution in [0, 0.1) is 22.7 Å². The molecule has 0 spiro atoms. The fraction of sp³-hybridized carbons (Fsp3) is 0.171. The lowest BCUT2D eigenvalue weighted by atomic mass is 9.71. The van der Waals surface area contributed by atoms with Gasteiger partial charge < -0.3 is 4.90 Å². The molecule has 0 bridgehead atoms. The zero-order chi connectivity index (χ0) is 32.4. The molecule has 0 saturated heterocycles. The Morgan fingerprint density at radius 3 is 1.87 bits per heavy atom. The molecule has 1 aromatic heterocycles. The van der Waals surface area contributed by atoms with Gasteiger partial charge in [-0.05, 0) is 89.2 Å². The minimum absolute atomic E-state index is 0.0451. The monoisotopic (exact) mass is 627 g/mol. The van der Waals surface area contributed by atoms with Gasteiger partial charge in [0, 0.05) is 33.6 Å². The first kappa shape index (κ1) is 30.1. The number of allylic oxidation sites excluding steroid dienone is 1. The molecule has 47 heavy (non-hydrogen) atoms. The molecule has 0 atom stereocenters. The SMILES string of the molecule is CCCC1(CCC)c2cc(-c3ccc(C=C(C#N)C#N)c4nsnc34)ccc2-c2ccc(N(c3ccccc3)c3ccccc3)cc21. The Balaban J connectivity index is 1.39. The zero-order valence-electron chi connectivity index (χ0n) is 26.4. The van der Waals surface area contributed by atoms with Gasteiger partial charge >= 0.3 is 0 Å². The Labute approximate surface area is 280 Å². The van der Waals surface area contributed by atoms with Crippen LogP contribution in [0.5, 0.6) is 0 Å². The van der Waals surface area contributed by atoms with Crippen molar-refractivity contribution in [1.29, 1.82) is 10.5 Å². The molecule has 1 aliphatic rings. The molecule has 228 valence electrons. The molecule has 0 aliphatic heterocycles. The van der Waals surface area contributed by atoms with Gasteiger partial charge in [-0.2, -0.15) is 19.3 Å². The molecule has 5 nitrogen and oxygen atoms in total. The standard InChI is InChI=1S/C41H33N5S/c1-3-21-41(22-4-2)37-24-29(34-18-16-30(23-28(26-42)27-43)39-40(34)45-47-44-39)15-19-35(37)36-20-17-33(25-38(36)41)46(31-11-7-5-8-12-31)32-13-9-6-10-14-32/h5-20,23-25H,3-4,21-22H2,1-2H3. The average molecular weight is 628 g/mol. The van der Waals surface area contributed by atoms with Crippen molar-refractivity contribution in [3.8, 4) is 34.4 Å². The van der Waals surface area contributed by atoms with Crippen LogP contribution in [-0.4, -0.2) is 8.75 Å². The lowest BCUT2D eigenvalue weighted by molar-refractivity contribution is 0.436. The van der Waals surface area contributed by atoms with E-state index in [0.29, 0.717) is 5.52 Å². The van der Waals surface area contributed by atoms with E-state index in [9.17, 15) is 10.5 Å². The topological polar surface area (TPSA) is 76.6 Å². The largest absolute Gasteiger partial charge is 0.310 e. The van der Waals surface area contributed by atoms with Crippen molar-refractivity contribution in [2.75, 3.05) is 4.90 Å². The molecule has 0 amide bonds. The summed E-state index contributed by atoms with van der Waals surface area (Å²) < 4.78 is 9.23. The number of benzene rings is 5. The molecule has 0 radical (unpaired) electrons. The summed E-state index contributed by atoms with van der Waals surface area (Å²) in [6, 6.07) is 43.0. The van der Waals surface area contributed by atoms with Gasteiger partial charge in [-0.3, -0.25) is 0 Å². The summed E-state index contributed by atoms with van der Waals surface area (Å²) in [6.45, 7) is 4.58. The van der Waals surface area contributed by atoms with Crippen LogP contribution in [0.25, 0.3) is 39.4 Å². The molecule has 1 aliphatic carbocycles. The Morgan fingerprint density at radius 2 is 1.26 bits per heavy atom. The van der Waals surface area contributed by atoms with Crippen LogP contribution in [0.4, 0.5) is 17.1 Å². The minimum atomic E-state index is -0.129. The third-order valence-corrected chi connectivity index (χ3v) is 9.81. The van der Waals surface area contributed by atoms with Crippen LogP contribution < -0.4 is 4.90 Å². The first-order valence-electron chi connectivity index (χ1n) is 16.1. The summed E-state index contributed by atoms with van der Waals surface area (Å²) in [7, 11) is 0. The predicted octanol–water partition coefficient (Wildman–Crippen LogP) is 11.1. The van der Waals surface area contributed by atoms with Gasteiger partial charge in [-0.25, -0.2) is 0 Å². The normalized spacial score (nSPS) is 12.5. The number of hydrogen-bond acceptors (Lipinski definition) is 6. The van der Waals surface area contributed by atoms with Gasteiger partial charge in [0.1, 0.15) is 28.7 Å². The van der Waals surface area contributed by atoms with Gasteiger partial charge in [-0.15, -0.1) is 0 Å². The molecule has 6 heteroatoms. The van der Waals surface area contributed by atoms with Crippen LogP contribution in [0.15, 0.2) is 115 Å². The minimum Gasteiger partial charge on any atom is -0.310 e. The molecule has 0 unspecified atom stereocenters. The second-order valence-corrected chi connectivity index (χ2v) is 12.6. The average Bonchev–Trinajstić information content (AvgIpc) is 3.71. The van der Waals surface area contributed by atoms with Crippen LogP contribution in [0.3, 0.4) is 0 Å². The van der Waals surface area contributed by atoms with E-state index in [1.165, 1.54) is 22.3 Å². The Hall–Kier alpha value is -5.56. The van der Waals surface area contributed by atoms with E-state index in [-0.39, 0.29) is 11.0 Å². The molecule has 0 fully saturated rings. The highest BCUT2D eigenvalue weighted by Gasteiger charge is 2.42. The number of hydrogen-bond donors (Lipinski definition) is 0. The van der Waals surface area contributed by atoms with Crippen LogP contribution >= 0.6 is 11.7 Å². The quantitative estimate of drug-likeness (QED) is 0.149. The molecule has 7 rings (SSSR count). The second kappa shape index (κ2) is 12.7. The van der Waals surface area contributed by atoms with Gasteiger partial charge in [0.2, 0.25) is 0 Å². The first-order valence-corrected chi connectivity index (χ1v) is 16.8. The van der Waals surface area contributed by atoms with E-state index in [0.717, 1.165) is 76.7 Å². The van der Waals surface area contributed by atoms with E-state index in [1.807, 2.05) is 24.3 Å². The number of para-hydroxylation sites is 2. The van der Waals surface area contributed by atoms with E-state index < -0.39 is 0 Å². The maximum atomic E-state index is 9.33. The first-order chi connectivity index (χ1) is 23.1. The third-order valence-electron chi connectivity index (χ3n) is 9.28. The molecule has 0 saturated carbocycles. The highest BCUT2D eigenvalue weighted by molar-refractivity contribution is 7.00. The molecular formula is C41H33N5S. The molecule has 0 N–H and O–H groups in total. The van der Waals surface area contributed by atoms with E-state index in [1.54, 1.807) is 6.08 Å². The lowest BCUT2D eigenvalue weighted by Crippen LogP contribution is -2.25. The lowest BCUT2D eigenvalue weighted by Gasteiger charge is -2.33. The second-order valence-electron chi connectivity index (χ2n) is 12.0. The Morgan fingerprint density at radius 1 is 0.681 bits per heavy atom. The summed E-state index contributed by atoms with van der Waals surface area (Å²) in [5.41, 5.74) is 13.0. The van der Waals surface area contributed by atoms with Gasteiger partial charge in [0.05, 0.1) is 11.7 Å². The van der Waals surface area contributed by atoms with Crippen molar-refractivity contribution in [3.05, 3.63) is 131 Å². The highest BCUT2D eigenvalue weighted by Crippen LogP contribution is 2.56. The fourth-order valence-corrected chi connectivity index (χ4v) is 7.97. The number of nitriles is 2. The van der Waals surface area contributed by atoms with Crippen molar-refractivity contribution in [2.24, 2.45) is 0 Å². The van der Waals surface area contributed by atoms with E-state index in [4.69, 9.17) is 0 Å². The number of aromatic nitrogens is 2. The Bertz CT molecular complexity index is 2140. The third kappa shape index (κ3) is 5.18. The summed E-state index contributed by atoms with van der Waals surface area (Å²) in [5.74, 6) is 0. The zero-order valence-corrected chi connectivity index (χ0v) is 27.3. The highest BCUT2D eigenvalue weighted by atomic mass is 32.1. The van der Waals surface area contributed by atoms with Gasteiger partial charge in [0.25, 0.3) is 0 Å². The van der Waals surface area contributed by atoms with Crippen molar-refractivity contribution in [1.82, 2.24) is 8.75 Å². The number of nitrogens with zero attached hydrogens (tertiary/aromatic N) is 5. The fourth-order valence-electron chi connectivity index (χ4n) is 7.39. The smallest absolute Gasteiger partial charge is 0.130 e. The summed E-state index contributed by atoms with van der Waals surface area (Å²) >= 11 is 1.15. The summed E-state index contributed by atoms with van der Waals surface area (Å²) in [5, 5.41) is 18.7. The van der Waals surface area contributed by atoms with Crippen molar-refractivity contribution in [3.63, 3.8) is 0 Å². The summed E-state index contributed by atoms with van der Waals surface area (Å²) in [4.78, 5) is 2.35. The maximum absolute atomic E-state index is 9.33. The number of rotatable bonds is 9. The van der Waals surface area contributed by atoms with Crippen molar-refractivity contribution in [2.45, 2.75) is 44.9 Å². The number of fused-ring (bicyclic) bond motifs is 4. The summed E-state index contributed by atoms with van der Waals surface area (Å²) in [6.07, 6.45) is 5.82. The van der Waals surface area contributed by atoms with Gasteiger partial charge in [-0.1, -0.05) is 93.4 Å². The molecule has 5 aromatic carbocycles. The van der Waals surface area contributed by atoms with Crippen LogP contribution in [0.1, 0.15) is 56.2 Å². The van der Waals surface area contributed by atoms with Crippen molar-refractivity contribution < 1.29 is 0 Å². The number of anilines is 3. The Kier molecular flexibility index (Phi) is 8.12. The predicted molar refractivity (Wildman–Crippen MR) is 193 cm³/mol. The molecule has 6 aromatic rings. The van der Waals surface area contributed by atoms with E-state index in [2.05, 4.69) is 125 Å². The van der Waals surface area contributed by atoms with Crippen molar-refractivity contribution >= 4 is 45.9 Å². The van der Waals surface area contributed by atoms with E-state index >= 15 is 0 Å².